The Labute approximate surface area is 303 Å². The molecule has 1 aliphatic carbocycles. The average Bonchev–Trinajstić information content (AvgIpc) is 3.56. The Morgan fingerprint density at radius 2 is 0.712 bits per heavy atom. The van der Waals surface area contributed by atoms with Gasteiger partial charge in [-0.05, 0) is 90.7 Å². The van der Waals surface area contributed by atoms with Crippen LogP contribution in [0, 0.1) is 0 Å². The van der Waals surface area contributed by atoms with Crippen molar-refractivity contribution in [1.82, 2.24) is 9.97 Å². The van der Waals surface area contributed by atoms with Crippen LogP contribution in [0.4, 0.5) is 0 Å². The molecule has 0 fully saturated rings. The zero-order valence-electron chi connectivity index (χ0n) is 28.4. The third kappa shape index (κ3) is 5.30. The topological polar surface area (TPSA) is 25.8 Å². The lowest BCUT2D eigenvalue weighted by Gasteiger charge is -2.12. The molecule has 0 saturated heterocycles. The smallest absolute Gasteiger partial charge is 0.160 e. The molecule has 0 radical (unpaired) electrons. The van der Waals surface area contributed by atoms with Gasteiger partial charge in [0, 0.05) is 16.7 Å². The fourth-order valence-electron chi connectivity index (χ4n) is 7.62. The molecule has 242 valence electrons. The zero-order chi connectivity index (χ0) is 34.4. The van der Waals surface area contributed by atoms with Crippen LogP contribution < -0.4 is 0 Å². The molecule has 8 aromatic carbocycles. The molecule has 0 saturated carbocycles. The molecule has 0 bridgehead atoms. The summed E-state index contributed by atoms with van der Waals surface area (Å²) in [6, 6.07) is 69.2. The standard InChI is InChI=1S/C50H32N2/c1-3-11-33(12-4-1)34-21-25-36(26-22-34)47-32-48(52-50(51-47)38-13-5-2-6-14-38)37-27-23-35(24-28-37)39-15-9-16-40(29-39)42-30-41-17-10-20-45-43-18-7-8-19-44(43)46(31-42)49(41)45/h1-32H. The monoisotopic (exact) mass is 660 g/mol. The van der Waals surface area contributed by atoms with Crippen LogP contribution in [-0.2, 0) is 0 Å². The van der Waals surface area contributed by atoms with Crippen LogP contribution in [0.3, 0.4) is 0 Å². The van der Waals surface area contributed by atoms with E-state index in [1.165, 1.54) is 60.8 Å². The van der Waals surface area contributed by atoms with E-state index in [0.29, 0.717) is 5.82 Å². The molecule has 0 atom stereocenters. The van der Waals surface area contributed by atoms with Crippen molar-refractivity contribution in [3.63, 3.8) is 0 Å². The molecule has 1 heterocycles. The van der Waals surface area contributed by atoms with Crippen molar-refractivity contribution in [3.8, 4) is 89.5 Å². The number of hydrogen-bond donors (Lipinski definition) is 0. The van der Waals surface area contributed by atoms with Crippen LogP contribution in [0.1, 0.15) is 0 Å². The molecule has 52 heavy (non-hydrogen) atoms. The van der Waals surface area contributed by atoms with E-state index in [2.05, 4.69) is 170 Å². The van der Waals surface area contributed by atoms with Gasteiger partial charge in [-0.2, -0.15) is 0 Å². The Morgan fingerprint density at radius 1 is 0.250 bits per heavy atom. The summed E-state index contributed by atoms with van der Waals surface area (Å²) in [7, 11) is 0. The van der Waals surface area contributed by atoms with Crippen molar-refractivity contribution in [2.24, 2.45) is 0 Å². The minimum absolute atomic E-state index is 0.713. The first-order chi connectivity index (χ1) is 25.7. The number of hydrogen-bond acceptors (Lipinski definition) is 2. The SMILES string of the molecule is c1ccc(-c2ccc(-c3cc(-c4ccc(-c5cccc(-c6cc7c8c(cccc8c6)-c6ccccc6-7)c5)cc4)nc(-c4ccccc4)n3)cc2)cc1. The second-order valence-corrected chi connectivity index (χ2v) is 13.4. The van der Waals surface area contributed by atoms with E-state index in [1.807, 2.05) is 24.3 Å². The van der Waals surface area contributed by atoms with Crippen LogP contribution in [0.15, 0.2) is 194 Å². The predicted octanol–water partition coefficient (Wildman–Crippen LogP) is 13.3. The molecule has 10 rings (SSSR count). The van der Waals surface area contributed by atoms with Gasteiger partial charge in [-0.15, -0.1) is 0 Å². The molecule has 0 aliphatic heterocycles. The zero-order valence-corrected chi connectivity index (χ0v) is 28.4. The number of fused-ring (bicyclic) bond motifs is 3. The summed E-state index contributed by atoms with van der Waals surface area (Å²) in [5.74, 6) is 0.713. The molecule has 2 heteroatoms. The summed E-state index contributed by atoms with van der Waals surface area (Å²) in [6.45, 7) is 0. The van der Waals surface area contributed by atoms with Crippen LogP contribution in [0.25, 0.3) is 100 Å². The Balaban J connectivity index is 0.997. The Morgan fingerprint density at radius 3 is 1.37 bits per heavy atom. The number of rotatable bonds is 6. The maximum Gasteiger partial charge on any atom is 0.160 e. The Bertz CT molecular complexity index is 2750. The summed E-state index contributed by atoms with van der Waals surface area (Å²) in [5.41, 5.74) is 17.3. The van der Waals surface area contributed by atoms with Crippen molar-refractivity contribution < 1.29 is 0 Å². The van der Waals surface area contributed by atoms with Gasteiger partial charge < -0.3 is 0 Å². The van der Waals surface area contributed by atoms with Crippen LogP contribution >= 0.6 is 0 Å². The van der Waals surface area contributed by atoms with Crippen molar-refractivity contribution in [2.45, 2.75) is 0 Å². The highest BCUT2D eigenvalue weighted by molar-refractivity contribution is 6.16. The number of benzene rings is 8. The van der Waals surface area contributed by atoms with Crippen LogP contribution in [-0.4, -0.2) is 9.97 Å². The van der Waals surface area contributed by atoms with Gasteiger partial charge in [-0.1, -0.05) is 170 Å². The molecular formula is C50H32N2. The maximum atomic E-state index is 5.07. The van der Waals surface area contributed by atoms with Crippen LogP contribution in [0.2, 0.25) is 0 Å². The molecule has 2 nitrogen and oxygen atoms in total. The highest BCUT2D eigenvalue weighted by atomic mass is 14.9. The largest absolute Gasteiger partial charge is 0.228 e. The van der Waals surface area contributed by atoms with Gasteiger partial charge in [0.1, 0.15) is 0 Å². The first kappa shape index (κ1) is 30.0. The van der Waals surface area contributed by atoms with E-state index >= 15 is 0 Å². The average molecular weight is 661 g/mol. The lowest BCUT2D eigenvalue weighted by atomic mass is 9.94. The molecular weight excluding hydrogens is 629 g/mol. The van der Waals surface area contributed by atoms with Gasteiger partial charge in [0.25, 0.3) is 0 Å². The predicted molar refractivity (Wildman–Crippen MR) is 217 cm³/mol. The van der Waals surface area contributed by atoms with Gasteiger partial charge in [0.15, 0.2) is 5.82 Å². The number of nitrogens with zero attached hydrogens (tertiary/aromatic N) is 2. The first-order valence-electron chi connectivity index (χ1n) is 17.7. The van der Waals surface area contributed by atoms with E-state index in [-0.39, 0.29) is 0 Å². The maximum absolute atomic E-state index is 5.07. The summed E-state index contributed by atoms with van der Waals surface area (Å²) in [4.78, 5) is 10.1. The van der Waals surface area contributed by atoms with Crippen molar-refractivity contribution >= 4 is 10.8 Å². The summed E-state index contributed by atoms with van der Waals surface area (Å²) in [5, 5.41) is 2.63. The fourth-order valence-corrected chi connectivity index (χ4v) is 7.62. The van der Waals surface area contributed by atoms with Crippen molar-refractivity contribution in [2.75, 3.05) is 0 Å². The second kappa shape index (κ2) is 12.5. The van der Waals surface area contributed by atoms with Crippen LogP contribution in [0.5, 0.6) is 0 Å². The normalized spacial score (nSPS) is 11.5. The van der Waals surface area contributed by atoms with Gasteiger partial charge in [0.2, 0.25) is 0 Å². The summed E-state index contributed by atoms with van der Waals surface area (Å²) in [6.07, 6.45) is 0. The highest BCUT2D eigenvalue weighted by Crippen LogP contribution is 2.48. The van der Waals surface area contributed by atoms with E-state index in [9.17, 15) is 0 Å². The number of aromatic nitrogens is 2. The Hall–Kier alpha value is -6.90. The molecule has 1 aliphatic rings. The van der Waals surface area contributed by atoms with Gasteiger partial charge in [-0.3, -0.25) is 0 Å². The second-order valence-electron chi connectivity index (χ2n) is 13.4. The van der Waals surface area contributed by atoms with E-state index < -0.39 is 0 Å². The third-order valence-electron chi connectivity index (χ3n) is 10.2. The van der Waals surface area contributed by atoms with E-state index in [0.717, 1.165) is 33.6 Å². The van der Waals surface area contributed by atoms with E-state index in [4.69, 9.17) is 9.97 Å². The quantitative estimate of drug-likeness (QED) is 0.177. The highest BCUT2D eigenvalue weighted by Gasteiger charge is 2.21. The summed E-state index contributed by atoms with van der Waals surface area (Å²) < 4.78 is 0. The lowest BCUT2D eigenvalue weighted by molar-refractivity contribution is 1.18. The third-order valence-corrected chi connectivity index (χ3v) is 10.2. The van der Waals surface area contributed by atoms with Gasteiger partial charge in [0.05, 0.1) is 11.4 Å². The fraction of sp³-hybridized carbons (Fsp3) is 0. The minimum atomic E-state index is 0.713. The molecule has 0 unspecified atom stereocenters. The first-order valence-corrected chi connectivity index (χ1v) is 17.7. The molecule has 0 amide bonds. The minimum Gasteiger partial charge on any atom is -0.228 e. The molecule has 9 aromatic rings. The summed E-state index contributed by atoms with van der Waals surface area (Å²) >= 11 is 0. The molecule has 1 aromatic heterocycles. The van der Waals surface area contributed by atoms with Gasteiger partial charge >= 0.3 is 0 Å². The molecule has 0 N–H and O–H groups in total. The Kier molecular flexibility index (Phi) is 7.18. The van der Waals surface area contributed by atoms with Crippen molar-refractivity contribution in [1.29, 1.82) is 0 Å². The van der Waals surface area contributed by atoms with Gasteiger partial charge in [-0.25, -0.2) is 9.97 Å². The lowest BCUT2D eigenvalue weighted by Crippen LogP contribution is -1.96. The van der Waals surface area contributed by atoms with Crippen molar-refractivity contribution in [3.05, 3.63) is 194 Å². The van der Waals surface area contributed by atoms with E-state index in [1.54, 1.807) is 0 Å². The molecule has 0 spiro atoms.